The number of carbonyl (C=O) groups excluding carboxylic acids is 1. The summed E-state index contributed by atoms with van der Waals surface area (Å²) in [6, 6.07) is 7.47. The fourth-order valence-corrected chi connectivity index (χ4v) is 3.62. The Morgan fingerprint density at radius 2 is 2.04 bits per heavy atom. The first-order valence-electron chi connectivity index (χ1n) is 8.79. The van der Waals surface area contributed by atoms with Crippen LogP contribution in [-0.4, -0.2) is 32.1 Å². The number of amides is 1. The molecular weight excluding hydrogens is 359 g/mol. The second-order valence-electron chi connectivity index (χ2n) is 6.85. The number of hydrogen-bond donors (Lipinski definition) is 2. The minimum atomic E-state index is -0.183. The highest BCUT2D eigenvalue weighted by Gasteiger charge is 2.25. The summed E-state index contributed by atoms with van der Waals surface area (Å²) in [5.74, 6) is 1.08. The van der Waals surface area contributed by atoms with Crippen molar-refractivity contribution in [1.82, 2.24) is 10.6 Å². The van der Waals surface area contributed by atoms with Gasteiger partial charge in [-0.05, 0) is 62.4 Å². The Labute approximate surface area is 162 Å². The summed E-state index contributed by atoms with van der Waals surface area (Å²) < 4.78 is 5.59. The maximum absolute atomic E-state index is 12.4. The molecule has 0 saturated carbocycles. The summed E-state index contributed by atoms with van der Waals surface area (Å²) in [5, 5.41) is 7.21. The van der Waals surface area contributed by atoms with Crippen LogP contribution in [0.25, 0.3) is 0 Å². The van der Waals surface area contributed by atoms with E-state index in [4.69, 9.17) is 16.3 Å². The molecule has 4 atom stereocenters. The van der Waals surface area contributed by atoms with Crippen molar-refractivity contribution >= 4 is 29.9 Å². The van der Waals surface area contributed by atoms with Gasteiger partial charge in [-0.25, -0.2) is 0 Å². The zero-order valence-electron chi connectivity index (χ0n) is 15.3. The average Bonchev–Trinajstić information content (AvgIpc) is 2.58. The highest BCUT2D eigenvalue weighted by atomic mass is 35.5. The molecule has 142 valence electrons. The summed E-state index contributed by atoms with van der Waals surface area (Å²) in [6.45, 7) is 6.28. The Bertz CT molecular complexity index is 519. The van der Waals surface area contributed by atoms with E-state index in [1.807, 2.05) is 31.2 Å². The van der Waals surface area contributed by atoms with Crippen molar-refractivity contribution in [3.05, 3.63) is 34.9 Å². The van der Waals surface area contributed by atoms with Crippen LogP contribution >= 0.6 is 24.0 Å². The zero-order valence-corrected chi connectivity index (χ0v) is 16.8. The summed E-state index contributed by atoms with van der Waals surface area (Å²) >= 11 is 5.94. The van der Waals surface area contributed by atoms with Gasteiger partial charge in [0.25, 0.3) is 0 Å². The third kappa shape index (κ3) is 6.78. The molecule has 1 heterocycles. The molecule has 0 radical (unpaired) electrons. The van der Waals surface area contributed by atoms with Gasteiger partial charge in [0.2, 0.25) is 5.91 Å². The van der Waals surface area contributed by atoms with Crippen molar-refractivity contribution in [2.75, 3.05) is 20.2 Å². The van der Waals surface area contributed by atoms with Gasteiger partial charge in [0.05, 0.1) is 6.04 Å². The molecule has 2 N–H and O–H groups in total. The standard InChI is InChI=1S/C19H29ClN2O2.ClH/c1-13(16-5-4-10-21-12-16)11-18(23)22-14(2)19(24-3)15-6-8-17(20)9-7-15;/h6-9,13-14,16,19,21H,4-5,10-12H2,1-3H3,(H,22,23);1H. The number of methoxy groups -OCH3 is 1. The van der Waals surface area contributed by atoms with Gasteiger partial charge in [-0.3, -0.25) is 4.79 Å². The van der Waals surface area contributed by atoms with Crippen molar-refractivity contribution in [3.8, 4) is 0 Å². The molecule has 0 bridgehead atoms. The maximum atomic E-state index is 12.4. The lowest BCUT2D eigenvalue weighted by Gasteiger charge is -2.29. The van der Waals surface area contributed by atoms with Crippen LogP contribution in [0.5, 0.6) is 0 Å². The highest BCUT2D eigenvalue weighted by molar-refractivity contribution is 6.30. The topological polar surface area (TPSA) is 50.4 Å². The van der Waals surface area contributed by atoms with Crippen molar-refractivity contribution in [3.63, 3.8) is 0 Å². The fraction of sp³-hybridized carbons (Fsp3) is 0.632. The second-order valence-corrected chi connectivity index (χ2v) is 7.29. The minimum absolute atomic E-state index is 0. The van der Waals surface area contributed by atoms with Crippen LogP contribution in [0.15, 0.2) is 24.3 Å². The smallest absolute Gasteiger partial charge is 0.220 e. The van der Waals surface area contributed by atoms with Gasteiger partial charge in [-0.2, -0.15) is 0 Å². The molecule has 6 heteroatoms. The molecule has 0 aromatic heterocycles. The largest absolute Gasteiger partial charge is 0.375 e. The second kappa shape index (κ2) is 11.0. The highest BCUT2D eigenvalue weighted by Crippen LogP contribution is 2.24. The van der Waals surface area contributed by atoms with Gasteiger partial charge >= 0.3 is 0 Å². The summed E-state index contributed by atoms with van der Waals surface area (Å²) in [5.41, 5.74) is 1.01. The molecule has 1 aromatic carbocycles. The summed E-state index contributed by atoms with van der Waals surface area (Å²) in [7, 11) is 1.66. The van der Waals surface area contributed by atoms with E-state index in [0.717, 1.165) is 18.7 Å². The molecule has 1 fully saturated rings. The predicted molar refractivity (Wildman–Crippen MR) is 105 cm³/mol. The van der Waals surface area contributed by atoms with Crippen LogP contribution in [0.1, 0.15) is 44.8 Å². The molecule has 2 rings (SSSR count). The van der Waals surface area contributed by atoms with Crippen LogP contribution in [-0.2, 0) is 9.53 Å². The molecule has 1 aliphatic rings. The predicted octanol–water partition coefficient (Wildman–Crippen LogP) is 3.98. The van der Waals surface area contributed by atoms with Gasteiger partial charge in [-0.15, -0.1) is 12.4 Å². The Kier molecular flexibility index (Phi) is 9.80. The Hall–Kier alpha value is -0.810. The molecule has 1 amide bonds. The molecule has 1 aliphatic heterocycles. The lowest BCUT2D eigenvalue weighted by atomic mass is 9.85. The number of hydrogen-bond acceptors (Lipinski definition) is 3. The van der Waals surface area contributed by atoms with Crippen LogP contribution in [0.4, 0.5) is 0 Å². The number of carbonyl (C=O) groups is 1. The van der Waals surface area contributed by atoms with E-state index in [9.17, 15) is 4.79 Å². The lowest BCUT2D eigenvalue weighted by molar-refractivity contribution is -0.124. The van der Waals surface area contributed by atoms with Crippen molar-refractivity contribution < 1.29 is 9.53 Å². The van der Waals surface area contributed by atoms with Gasteiger partial charge in [0.1, 0.15) is 6.10 Å². The van der Waals surface area contributed by atoms with Crippen molar-refractivity contribution in [1.29, 1.82) is 0 Å². The molecule has 0 spiro atoms. The Morgan fingerprint density at radius 3 is 2.60 bits per heavy atom. The van der Waals surface area contributed by atoms with E-state index in [1.54, 1.807) is 7.11 Å². The summed E-state index contributed by atoms with van der Waals surface area (Å²) in [6.07, 6.45) is 2.80. The van der Waals surface area contributed by atoms with E-state index >= 15 is 0 Å². The quantitative estimate of drug-likeness (QED) is 0.742. The van der Waals surface area contributed by atoms with Gasteiger partial charge in [0.15, 0.2) is 0 Å². The van der Waals surface area contributed by atoms with Crippen LogP contribution in [0, 0.1) is 11.8 Å². The number of halogens is 2. The van der Waals surface area contributed by atoms with Gasteiger partial charge in [-0.1, -0.05) is 30.7 Å². The SMILES string of the molecule is COC(c1ccc(Cl)cc1)C(C)NC(=O)CC(C)C1CCCNC1.Cl. The minimum Gasteiger partial charge on any atom is -0.375 e. The zero-order chi connectivity index (χ0) is 17.5. The molecule has 4 nitrogen and oxygen atoms in total. The van der Waals surface area contributed by atoms with Crippen LogP contribution in [0.3, 0.4) is 0 Å². The van der Waals surface area contributed by atoms with Crippen molar-refractivity contribution in [2.24, 2.45) is 11.8 Å². The first kappa shape index (κ1) is 22.2. The molecular formula is C19H30Cl2N2O2. The third-order valence-electron chi connectivity index (χ3n) is 4.94. The van der Waals surface area contributed by atoms with E-state index in [0.29, 0.717) is 23.3 Å². The van der Waals surface area contributed by atoms with E-state index in [1.165, 1.54) is 12.8 Å². The summed E-state index contributed by atoms with van der Waals surface area (Å²) in [4.78, 5) is 12.4. The first-order valence-corrected chi connectivity index (χ1v) is 9.17. The average molecular weight is 389 g/mol. The van der Waals surface area contributed by atoms with E-state index in [2.05, 4.69) is 17.6 Å². The molecule has 1 aromatic rings. The molecule has 25 heavy (non-hydrogen) atoms. The Morgan fingerprint density at radius 1 is 1.36 bits per heavy atom. The van der Waals surface area contributed by atoms with E-state index < -0.39 is 0 Å². The van der Waals surface area contributed by atoms with Crippen LogP contribution in [0.2, 0.25) is 5.02 Å². The third-order valence-corrected chi connectivity index (χ3v) is 5.19. The number of piperidine rings is 1. The lowest BCUT2D eigenvalue weighted by Crippen LogP contribution is -2.40. The number of rotatable bonds is 7. The van der Waals surface area contributed by atoms with Gasteiger partial charge in [0, 0.05) is 18.6 Å². The normalized spacial score (nSPS) is 20.9. The molecule has 0 aliphatic carbocycles. The first-order chi connectivity index (χ1) is 11.5. The molecule has 1 saturated heterocycles. The number of benzene rings is 1. The maximum Gasteiger partial charge on any atom is 0.220 e. The fourth-order valence-electron chi connectivity index (χ4n) is 3.49. The monoisotopic (exact) mass is 388 g/mol. The van der Waals surface area contributed by atoms with Gasteiger partial charge < -0.3 is 15.4 Å². The van der Waals surface area contributed by atoms with Crippen molar-refractivity contribution in [2.45, 2.75) is 45.3 Å². The van der Waals surface area contributed by atoms with Crippen LogP contribution < -0.4 is 10.6 Å². The number of nitrogens with one attached hydrogen (secondary N) is 2. The van der Waals surface area contributed by atoms with E-state index in [-0.39, 0.29) is 30.5 Å². The molecule has 4 unspecified atom stereocenters. The Balaban J connectivity index is 0.00000312. The number of ether oxygens (including phenoxy) is 1.